The number of rotatable bonds is 6. The van der Waals surface area contributed by atoms with Crippen LogP contribution in [0.3, 0.4) is 0 Å². The maximum Gasteiger partial charge on any atom is 0.416 e. The zero-order chi connectivity index (χ0) is 26.8. The maximum absolute atomic E-state index is 13.6. The van der Waals surface area contributed by atoms with E-state index in [9.17, 15) is 31.9 Å². The predicted molar refractivity (Wildman–Crippen MR) is 127 cm³/mol. The molecule has 4 atom stereocenters. The molecule has 2 saturated heterocycles. The van der Waals surface area contributed by atoms with Crippen molar-refractivity contribution >= 4 is 5.91 Å². The van der Waals surface area contributed by atoms with Gasteiger partial charge in [0.2, 0.25) is 0 Å². The van der Waals surface area contributed by atoms with Crippen LogP contribution in [0.5, 0.6) is 0 Å². The molecule has 2 aliphatic rings. The summed E-state index contributed by atoms with van der Waals surface area (Å²) in [7, 11) is 0. The van der Waals surface area contributed by atoms with Crippen molar-refractivity contribution in [3.63, 3.8) is 0 Å². The van der Waals surface area contributed by atoms with Gasteiger partial charge in [-0.15, -0.1) is 0 Å². The number of benzene rings is 2. The van der Waals surface area contributed by atoms with Gasteiger partial charge >= 0.3 is 6.18 Å². The lowest BCUT2D eigenvalue weighted by atomic mass is 9.80. The lowest BCUT2D eigenvalue weighted by Gasteiger charge is -2.45. The van der Waals surface area contributed by atoms with Crippen molar-refractivity contribution in [2.75, 3.05) is 26.3 Å². The highest BCUT2D eigenvalue weighted by Crippen LogP contribution is 2.36. The molecule has 0 unspecified atom stereocenters. The zero-order valence-electron chi connectivity index (χ0n) is 20.5. The van der Waals surface area contributed by atoms with E-state index in [0.717, 1.165) is 30.7 Å². The molecule has 2 fully saturated rings. The summed E-state index contributed by atoms with van der Waals surface area (Å²) in [6.07, 6.45) is -2.81. The highest BCUT2D eigenvalue weighted by atomic mass is 19.4. The zero-order valence-corrected chi connectivity index (χ0v) is 20.5. The number of alkyl halides is 3. The topological polar surface area (TPSA) is 61.8 Å². The number of nitrogens with zero attached hydrogens (tertiary/aromatic N) is 1. The number of aliphatic hydroxyl groups is 1. The van der Waals surface area contributed by atoms with Gasteiger partial charge in [-0.05, 0) is 80.1 Å². The summed E-state index contributed by atoms with van der Waals surface area (Å²) in [6.45, 7) is 3.11. The number of likely N-dealkylation sites (tertiary alicyclic amines) is 1. The molecule has 0 saturated carbocycles. The molecule has 2 heterocycles. The molecule has 0 aliphatic carbocycles. The molecule has 37 heavy (non-hydrogen) atoms. The Labute approximate surface area is 212 Å². The van der Waals surface area contributed by atoms with Crippen LogP contribution in [0.2, 0.25) is 0 Å². The average molecular weight is 527 g/mol. The monoisotopic (exact) mass is 526 g/mol. The van der Waals surface area contributed by atoms with Gasteiger partial charge in [0, 0.05) is 31.7 Å². The first-order valence-electron chi connectivity index (χ1n) is 12.4. The Bertz CT molecular complexity index is 1080. The standard InChI is InChI=1S/C27H31F5N2O3/c1-26(25(36)33-13-17-10-20(27(30,31)32)12-22(29)11-17)8-6-23(16-37-26)34-9-7-24(19(14-34)15-35)18-2-4-21(28)5-3-18/h2-5,10-12,19,23-24,35H,6-9,13-16H2,1H3,(H,33,36)/t19-,23+,24-,26+/m0/s1. The normalized spacial score (nSPS) is 27.2. The highest BCUT2D eigenvalue weighted by Gasteiger charge is 2.42. The number of nitrogens with one attached hydrogen (secondary N) is 1. The minimum atomic E-state index is -4.68. The fourth-order valence-corrected chi connectivity index (χ4v) is 5.36. The molecular formula is C27H31F5N2O3. The third-order valence-electron chi connectivity index (χ3n) is 7.58. The van der Waals surface area contributed by atoms with E-state index < -0.39 is 29.1 Å². The molecule has 4 rings (SSSR count). The minimum Gasteiger partial charge on any atom is -0.396 e. The predicted octanol–water partition coefficient (Wildman–Crippen LogP) is 4.64. The van der Waals surface area contributed by atoms with Gasteiger partial charge < -0.3 is 15.2 Å². The Morgan fingerprint density at radius 3 is 2.49 bits per heavy atom. The van der Waals surface area contributed by atoms with Crippen LogP contribution in [0, 0.1) is 17.6 Å². The first-order valence-corrected chi connectivity index (χ1v) is 12.4. The minimum absolute atomic E-state index is 0.00236. The summed E-state index contributed by atoms with van der Waals surface area (Å²) in [5, 5.41) is 12.6. The molecule has 2 N–H and O–H groups in total. The molecule has 0 aromatic heterocycles. The number of piperidine rings is 1. The van der Waals surface area contributed by atoms with Crippen LogP contribution in [0.1, 0.15) is 48.8 Å². The van der Waals surface area contributed by atoms with Crippen LogP contribution < -0.4 is 5.32 Å². The molecule has 2 aliphatic heterocycles. The van der Waals surface area contributed by atoms with Gasteiger partial charge in [0.15, 0.2) is 0 Å². The smallest absolute Gasteiger partial charge is 0.396 e. The maximum atomic E-state index is 13.6. The summed E-state index contributed by atoms with van der Waals surface area (Å²) in [5.41, 5.74) is -1.24. The Morgan fingerprint density at radius 1 is 1.14 bits per heavy atom. The van der Waals surface area contributed by atoms with Gasteiger partial charge in [0.05, 0.1) is 12.2 Å². The van der Waals surface area contributed by atoms with Crippen LogP contribution in [-0.4, -0.2) is 53.9 Å². The van der Waals surface area contributed by atoms with Crippen LogP contribution in [0.25, 0.3) is 0 Å². The van der Waals surface area contributed by atoms with E-state index in [1.54, 1.807) is 19.1 Å². The SMILES string of the molecule is C[C@]1(C(=O)NCc2cc(F)cc(C(F)(F)F)c2)CC[C@@H](N2CC[C@@H](c3ccc(F)cc3)[C@H](CO)C2)CO1. The van der Waals surface area contributed by atoms with Crippen molar-refractivity contribution in [1.29, 1.82) is 0 Å². The van der Waals surface area contributed by atoms with Gasteiger partial charge in [-0.1, -0.05) is 12.1 Å². The number of halogens is 5. The summed E-state index contributed by atoms with van der Waals surface area (Å²) in [5.74, 6) is -1.67. The number of hydrogen-bond acceptors (Lipinski definition) is 4. The first kappa shape index (κ1) is 27.5. The van der Waals surface area contributed by atoms with E-state index in [4.69, 9.17) is 4.74 Å². The van der Waals surface area contributed by atoms with Gasteiger partial charge in [-0.3, -0.25) is 9.69 Å². The third-order valence-corrected chi connectivity index (χ3v) is 7.58. The van der Waals surface area contributed by atoms with E-state index in [1.807, 2.05) is 0 Å². The molecule has 10 heteroatoms. The lowest BCUT2D eigenvalue weighted by molar-refractivity contribution is -0.157. The number of amides is 1. The lowest BCUT2D eigenvalue weighted by Crippen LogP contribution is -2.55. The highest BCUT2D eigenvalue weighted by molar-refractivity contribution is 5.84. The van der Waals surface area contributed by atoms with E-state index >= 15 is 0 Å². The van der Waals surface area contributed by atoms with Crippen LogP contribution in [0.4, 0.5) is 22.0 Å². The van der Waals surface area contributed by atoms with Crippen LogP contribution in [-0.2, 0) is 22.3 Å². The Morgan fingerprint density at radius 2 is 1.86 bits per heavy atom. The second kappa shape index (κ2) is 11.0. The second-order valence-electron chi connectivity index (χ2n) is 10.1. The molecule has 0 bridgehead atoms. The van der Waals surface area contributed by atoms with Gasteiger partial charge in [0.25, 0.3) is 5.91 Å². The first-order chi connectivity index (χ1) is 17.5. The molecule has 0 spiro atoms. The quantitative estimate of drug-likeness (QED) is 0.539. The van der Waals surface area contributed by atoms with Gasteiger partial charge in [-0.2, -0.15) is 13.2 Å². The van der Waals surface area contributed by atoms with E-state index in [-0.39, 0.29) is 42.4 Å². The second-order valence-corrected chi connectivity index (χ2v) is 10.1. The summed E-state index contributed by atoms with van der Waals surface area (Å²) >= 11 is 0. The fourth-order valence-electron chi connectivity index (χ4n) is 5.36. The van der Waals surface area contributed by atoms with Crippen molar-refractivity contribution in [3.05, 3.63) is 70.8 Å². The van der Waals surface area contributed by atoms with Crippen molar-refractivity contribution in [3.8, 4) is 0 Å². The Kier molecular flexibility index (Phi) is 8.20. The number of ether oxygens (including phenoxy) is 1. The van der Waals surface area contributed by atoms with Crippen molar-refractivity contribution in [2.45, 2.75) is 56.5 Å². The molecule has 1 amide bonds. The largest absolute Gasteiger partial charge is 0.416 e. The molecule has 5 nitrogen and oxygen atoms in total. The molecule has 2 aromatic carbocycles. The summed E-state index contributed by atoms with van der Waals surface area (Å²) < 4.78 is 71.8. The summed E-state index contributed by atoms with van der Waals surface area (Å²) in [6, 6.07) is 8.64. The van der Waals surface area contributed by atoms with Crippen LogP contribution >= 0.6 is 0 Å². The number of carbonyl (C=O) groups excluding carboxylic acids is 1. The van der Waals surface area contributed by atoms with Crippen molar-refractivity contribution in [1.82, 2.24) is 10.2 Å². The summed E-state index contributed by atoms with van der Waals surface area (Å²) in [4.78, 5) is 15.1. The molecule has 0 radical (unpaired) electrons. The van der Waals surface area contributed by atoms with E-state index in [1.165, 1.54) is 12.1 Å². The Hall–Kier alpha value is -2.56. The average Bonchev–Trinajstić information content (AvgIpc) is 2.87. The van der Waals surface area contributed by atoms with Crippen molar-refractivity contribution in [2.24, 2.45) is 5.92 Å². The molecule has 2 aromatic rings. The number of hydrogen-bond donors (Lipinski definition) is 2. The fraction of sp³-hybridized carbons (Fsp3) is 0.519. The van der Waals surface area contributed by atoms with E-state index in [0.29, 0.717) is 32.1 Å². The third kappa shape index (κ3) is 6.48. The molecular weight excluding hydrogens is 495 g/mol. The van der Waals surface area contributed by atoms with Gasteiger partial charge in [0.1, 0.15) is 17.2 Å². The number of aliphatic hydroxyl groups excluding tert-OH is 1. The Balaban J connectivity index is 1.31. The van der Waals surface area contributed by atoms with E-state index in [2.05, 4.69) is 10.2 Å². The molecule has 202 valence electrons. The van der Waals surface area contributed by atoms with Crippen LogP contribution in [0.15, 0.2) is 42.5 Å². The number of carbonyl (C=O) groups is 1. The van der Waals surface area contributed by atoms with Gasteiger partial charge in [-0.25, -0.2) is 8.78 Å². The van der Waals surface area contributed by atoms with Crippen molar-refractivity contribution < 1.29 is 36.6 Å².